The predicted molar refractivity (Wildman–Crippen MR) is 203 cm³/mol. The quantitative estimate of drug-likeness (QED) is 0.225. The molecular formula is C39H48F5N5O10S. The summed E-state index contributed by atoms with van der Waals surface area (Å²) in [6.45, 7) is 2.95. The third-order valence-corrected chi connectivity index (χ3v) is 13.7. The maximum Gasteiger partial charge on any atom is 0.427 e. The number of benzene rings is 1. The lowest BCUT2D eigenvalue weighted by molar-refractivity contribution is -0.244. The zero-order chi connectivity index (χ0) is 44.0. The first-order valence-corrected chi connectivity index (χ1v) is 21.0. The Hall–Kier alpha value is -4.79. The fraction of sp³-hybridized carbons (Fsp3) is 0.615. The summed E-state index contributed by atoms with van der Waals surface area (Å²) in [6, 6.07) is 0.887. The SMILES string of the molecule is CC[C@@H]1O[C@H](C)CC/C=C\[C@@H]2C[C@@]2(C(=O)NS(=O)(=O)C2(CF)CC2)NC(=O)[C@@H]2C[C@@H](Oc3nccc4cc(OC)c(F)cc34)CN2C(=O)[C@H]1NC(=O)OC(C)(C)C(F)(F)F. The van der Waals surface area contributed by atoms with Gasteiger partial charge in [0.25, 0.3) is 5.91 Å². The molecule has 2 aliphatic carbocycles. The van der Waals surface area contributed by atoms with Crippen molar-refractivity contribution < 1.29 is 68.5 Å². The highest BCUT2D eigenvalue weighted by Gasteiger charge is 2.64. The number of carbonyl (C=O) groups excluding carboxylic acids is 4. The second-order valence-electron chi connectivity index (χ2n) is 16.2. The Labute approximate surface area is 343 Å². The molecule has 3 N–H and O–H groups in total. The van der Waals surface area contributed by atoms with Crippen LogP contribution in [-0.2, 0) is 33.9 Å². The first-order valence-electron chi connectivity index (χ1n) is 19.5. The summed E-state index contributed by atoms with van der Waals surface area (Å²) in [7, 11) is -3.22. The Kier molecular flexibility index (Phi) is 12.4. The molecule has 1 aromatic carbocycles. The molecule has 2 aliphatic heterocycles. The van der Waals surface area contributed by atoms with Gasteiger partial charge in [0.15, 0.2) is 11.6 Å². The summed E-state index contributed by atoms with van der Waals surface area (Å²) in [6.07, 6.45) is -4.29. The lowest BCUT2D eigenvalue weighted by atomic mass is 10.0. The van der Waals surface area contributed by atoms with Crippen LogP contribution in [0.25, 0.3) is 10.8 Å². The van der Waals surface area contributed by atoms with E-state index < -0.39 is 111 Å². The molecule has 1 saturated heterocycles. The minimum atomic E-state index is -4.99. The number of halogens is 5. The van der Waals surface area contributed by atoms with Crippen LogP contribution in [0.4, 0.5) is 26.7 Å². The summed E-state index contributed by atoms with van der Waals surface area (Å²) in [4.78, 5) is 61.6. The monoisotopic (exact) mass is 873 g/mol. The van der Waals surface area contributed by atoms with E-state index in [0.717, 1.165) is 11.0 Å². The molecular weight excluding hydrogens is 826 g/mol. The number of aromatic nitrogens is 1. The fourth-order valence-corrected chi connectivity index (χ4v) is 8.88. The number of ether oxygens (including phenoxy) is 4. The molecule has 4 aliphatic rings. The minimum Gasteiger partial charge on any atom is -0.494 e. The predicted octanol–water partition coefficient (Wildman–Crippen LogP) is 4.52. The van der Waals surface area contributed by atoms with Crippen molar-refractivity contribution in [1.29, 1.82) is 0 Å². The summed E-state index contributed by atoms with van der Waals surface area (Å²) in [5.41, 5.74) is -4.81. The number of nitrogens with one attached hydrogen (secondary N) is 3. The standard InChI is InChI=1S/C39H48F5N5O10S/c1-6-28-30(46-35(53)59-36(3,4)39(42,43)44)33(51)49-19-24(58-32-25-17-26(41)29(56-5)15-22(25)11-14-45-32)16-27(49)31(50)47-38(18-23(38)10-8-7-9-21(2)57-28)34(52)48-60(54,55)37(20-40)12-13-37/h8,10-11,14-15,17,21,23-24,27-28,30H,6-7,9,12-13,16,18-20H2,1-5H3,(H,46,53)(H,47,50)(H,48,52)/b10-8-/t21-,23-,24-,27+,28+,30+,38-/m1/s1. The molecule has 6 rings (SSSR count). The van der Waals surface area contributed by atoms with Crippen molar-refractivity contribution in [1.82, 2.24) is 25.2 Å². The molecule has 3 heterocycles. The van der Waals surface area contributed by atoms with Gasteiger partial charge in [-0.1, -0.05) is 19.1 Å². The maximum atomic E-state index is 14.9. The van der Waals surface area contributed by atoms with Crippen LogP contribution in [0.2, 0.25) is 0 Å². The number of alkyl halides is 4. The number of nitrogens with zero attached hydrogens (tertiary/aromatic N) is 2. The van der Waals surface area contributed by atoms with Crippen molar-refractivity contribution in [3.63, 3.8) is 0 Å². The van der Waals surface area contributed by atoms with Gasteiger partial charge in [-0.2, -0.15) is 13.2 Å². The third kappa shape index (κ3) is 8.82. The zero-order valence-corrected chi connectivity index (χ0v) is 34.4. The van der Waals surface area contributed by atoms with Gasteiger partial charge in [0.05, 0.1) is 25.9 Å². The number of fused-ring (bicyclic) bond motifs is 3. The van der Waals surface area contributed by atoms with Gasteiger partial charge in [0.1, 0.15) is 35.1 Å². The maximum absolute atomic E-state index is 14.9. The molecule has 2 aromatic rings. The number of hydrogen-bond acceptors (Lipinski definition) is 11. The number of pyridine rings is 1. The molecule has 15 nitrogen and oxygen atoms in total. The number of alkyl carbamates (subject to hydrolysis) is 1. The van der Waals surface area contributed by atoms with Crippen molar-refractivity contribution in [2.24, 2.45) is 5.92 Å². The van der Waals surface area contributed by atoms with Crippen molar-refractivity contribution in [3.8, 4) is 11.6 Å². The van der Waals surface area contributed by atoms with E-state index in [-0.39, 0.29) is 49.1 Å². The first kappa shape index (κ1) is 44.8. The molecule has 0 bridgehead atoms. The number of hydrogen-bond donors (Lipinski definition) is 3. The number of methoxy groups -OCH3 is 1. The second-order valence-corrected chi connectivity index (χ2v) is 18.3. The third-order valence-electron chi connectivity index (χ3n) is 11.6. The second kappa shape index (κ2) is 16.6. The molecule has 0 unspecified atom stereocenters. The lowest BCUT2D eigenvalue weighted by Crippen LogP contribution is -2.61. The van der Waals surface area contributed by atoms with Gasteiger partial charge >= 0.3 is 12.3 Å². The molecule has 1 aromatic heterocycles. The number of carbonyl (C=O) groups is 4. The van der Waals surface area contributed by atoms with Crippen LogP contribution in [0.15, 0.2) is 36.5 Å². The highest BCUT2D eigenvalue weighted by molar-refractivity contribution is 7.91. The summed E-state index contributed by atoms with van der Waals surface area (Å²) < 4.78 is 119. The zero-order valence-electron chi connectivity index (χ0n) is 33.6. The van der Waals surface area contributed by atoms with Crippen molar-refractivity contribution in [2.45, 2.75) is 125 Å². The molecule has 330 valence electrons. The van der Waals surface area contributed by atoms with E-state index in [1.165, 1.54) is 19.4 Å². The van der Waals surface area contributed by atoms with Gasteiger partial charge in [-0.3, -0.25) is 19.1 Å². The van der Waals surface area contributed by atoms with Gasteiger partial charge in [-0.05, 0) is 82.9 Å². The van der Waals surface area contributed by atoms with E-state index in [1.807, 2.05) is 4.72 Å². The van der Waals surface area contributed by atoms with Gasteiger partial charge in [-0.25, -0.2) is 27.0 Å². The van der Waals surface area contributed by atoms with Gasteiger partial charge < -0.3 is 34.5 Å². The van der Waals surface area contributed by atoms with Crippen LogP contribution in [0.5, 0.6) is 11.6 Å². The van der Waals surface area contributed by atoms with Crippen LogP contribution in [0.1, 0.15) is 72.6 Å². The Balaban J connectivity index is 1.38. The number of rotatable bonds is 10. The van der Waals surface area contributed by atoms with Crippen LogP contribution in [-0.4, -0.2) is 115 Å². The van der Waals surface area contributed by atoms with Crippen molar-refractivity contribution in [3.05, 3.63) is 42.4 Å². The van der Waals surface area contributed by atoms with Crippen LogP contribution in [0, 0.1) is 11.7 Å². The summed E-state index contributed by atoms with van der Waals surface area (Å²) in [5, 5.41) is 5.59. The highest BCUT2D eigenvalue weighted by atomic mass is 32.2. The molecule has 0 radical (unpaired) electrons. The molecule has 60 heavy (non-hydrogen) atoms. The Morgan fingerprint density at radius 3 is 2.52 bits per heavy atom. The Morgan fingerprint density at radius 2 is 1.88 bits per heavy atom. The van der Waals surface area contributed by atoms with E-state index >= 15 is 0 Å². The van der Waals surface area contributed by atoms with Gasteiger partial charge in [0.2, 0.25) is 33.3 Å². The number of sulfonamides is 1. The summed E-state index contributed by atoms with van der Waals surface area (Å²) >= 11 is 0. The van der Waals surface area contributed by atoms with E-state index in [9.17, 15) is 49.5 Å². The van der Waals surface area contributed by atoms with E-state index in [2.05, 4.69) is 15.6 Å². The minimum absolute atomic E-state index is 0.00344. The molecule has 21 heteroatoms. The van der Waals surface area contributed by atoms with Crippen molar-refractivity contribution >= 4 is 44.6 Å². The van der Waals surface area contributed by atoms with Gasteiger partial charge in [-0.15, -0.1) is 0 Å². The topological polar surface area (TPSA) is 192 Å². The van der Waals surface area contributed by atoms with Crippen LogP contribution in [0.3, 0.4) is 0 Å². The van der Waals surface area contributed by atoms with E-state index in [4.69, 9.17) is 18.9 Å². The normalized spacial score (nSPS) is 28.9. The smallest absolute Gasteiger partial charge is 0.427 e. The van der Waals surface area contributed by atoms with Crippen LogP contribution >= 0.6 is 0 Å². The Bertz CT molecular complexity index is 2150. The lowest BCUT2D eigenvalue weighted by Gasteiger charge is -2.35. The van der Waals surface area contributed by atoms with Gasteiger partial charge in [0, 0.05) is 23.9 Å². The molecule has 3 fully saturated rings. The fourth-order valence-electron chi connectivity index (χ4n) is 7.46. The number of amides is 4. The molecule has 4 amide bonds. The molecule has 0 spiro atoms. The molecule has 7 atom stereocenters. The highest BCUT2D eigenvalue weighted by Crippen LogP contribution is 2.48. The molecule has 2 saturated carbocycles. The van der Waals surface area contributed by atoms with Crippen LogP contribution < -0.4 is 24.8 Å². The Morgan fingerprint density at radius 1 is 1.17 bits per heavy atom. The average Bonchev–Trinajstić information content (AvgIpc) is 4.08. The average molecular weight is 874 g/mol. The first-order chi connectivity index (χ1) is 28.1. The van der Waals surface area contributed by atoms with Crippen molar-refractivity contribution in [2.75, 3.05) is 20.3 Å². The van der Waals surface area contributed by atoms with E-state index in [0.29, 0.717) is 32.1 Å². The number of allylic oxidation sites excluding steroid dienone is 1. The van der Waals surface area contributed by atoms with E-state index in [1.54, 1.807) is 32.1 Å². The largest absolute Gasteiger partial charge is 0.494 e. The summed E-state index contributed by atoms with van der Waals surface area (Å²) in [5.74, 6) is -4.61.